The van der Waals surface area contributed by atoms with Crippen LogP contribution < -0.4 is 0 Å². The molecule has 0 N–H and O–H groups in total. The van der Waals surface area contributed by atoms with Crippen LogP contribution in [-0.2, 0) is 9.53 Å². The monoisotopic (exact) mass is 292 g/mol. The summed E-state index contributed by atoms with van der Waals surface area (Å²) < 4.78 is 4.82. The zero-order valence-corrected chi connectivity index (χ0v) is 11.4. The van der Waals surface area contributed by atoms with Crippen LogP contribution in [0.1, 0.15) is 24.3 Å². The lowest BCUT2D eigenvalue weighted by Crippen LogP contribution is -2.17. The van der Waals surface area contributed by atoms with Gasteiger partial charge in [-0.3, -0.25) is 4.79 Å². The Morgan fingerprint density at radius 3 is 2.24 bits per heavy atom. The number of methoxy groups -OCH3 is 1. The van der Waals surface area contributed by atoms with Crippen molar-refractivity contribution < 1.29 is 9.53 Å². The van der Waals surface area contributed by atoms with Crippen molar-refractivity contribution in [2.75, 3.05) is 7.11 Å². The highest BCUT2D eigenvalue weighted by Crippen LogP contribution is 2.47. The fraction of sp³-hybridized carbons (Fsp3) is 0.417. The summed E-state index contributed by atoms with van der Waals surface area (Å²) in [6.45, 7) is 0. The van der Waals surface area contributed by atoms with Crippen LogP contribution in [0.25, 0.3) is 0 Å². The average molecular weight is 294 g/mol. The maximum Gasteiger partial charge on any atom is 0.313 e. The van der Waals surface area contributed by atoms with Crippen molar-refractivity contribution in [2.24, 2.45) is 5.92 Å². The second-order valence-electron chi connectivity index (χ2n) is 4.12. The molecule has 5 heteroatoms. The third-order valence-corrected chi connectivity index (χ3v) is 3.75. The summed E-state index contributed by atoms with van der Waals surface area (Å²) in [4.78, 5) is 11.8. The number of rotatable bonds is 3. The quantitative estimate of drug-likeness (QED) is 0.776. The molecule has 0 heterocycles. The molecule has 1 aromatic carbocycles. The van der Waals surface area contributed by atoms with Crippen LogP contribution in [0.15, 0.2) is 12.1 Å². The Labute approximate surface area is 115 Å². The Balaban J connectivity index is 2.46. The van der Waals surface area contributed by atoms with E-state index < -0.39 is 0 Å². The van der Waals surface area contributed by atoms with Crippen LogP contribution in [0.5, 0.6) is 0 Å². The van der Waals surface area contributed by atoms with Crippen molar-refractivity contribution in [1.82, 2.24) is 0 Å². The second-order valence-corrected chi connectivity index (χ2v) is 5.37. The molecule has 2 nitrogen and oxygen atoms in total. The predicted octanol–water partition coefficient (Wildman–Crippen LogP) is 4.31. The van der Waals surface area contributed by atoms with E-state index in [1.54, 1.807) is 12.1 Å². The first-order chi connectivity index (χ1) is 8.04. The van der Waals surface area contributed by atoms with Gasteiger partial charge < -0.3 is 4.74 Å². The van der Waals surface area contributed by atoms with E-state index in [0.29, 0.717) is 20.6 Å². The number of halogens is 3. The van der Waals surface area contributed by atoms with E-state index in [1.165, 1.54) is 7.11 Å². The van der Waals surface area contributed by atoms with Gasteiger partial charge in [0.2, 0.25) is 0 Å². The lowest BCUT2D eigenvalue weighted by atomic mass is 9.94. The van der Waals surface area contributed by atoms with Gasteiger partial charge in [0, 0.05) is 20.6 Å². The van der Waals surface area contributed by atoms with Crippen LogP contribution in [0, 0.1) is 5.92 Å². The Bertz CT molecular complexity index is 432. The molecule has 0 saturated heterocycles. The van der Waals surface area contributed by atoms with Gasteiger partial charge in [-0.2, -0.15) is 0 Å². The maximum absolute atomic E-state index is 11.8. The van der Waals surface area contributed by atoms with Gasteiger partial charge >= 0.3 is 5.97 Å². The van der Waals surface area contributed by atoms with Gasteiger partial charge in [-0.1, -0.05) is 34.8 Å². The molecular weight excluding hydrogens is 282 g/mol. The topological polar surface area (TPSA) is 26.3 Å². The molecule has 0 radical (unpaired) electrons. The SMILES string of the molecule is COC(=O)C(c1c(Cl)cc(Cl)cc1Cl)C1CC1. The van der Waals surface area contributed by atoms with Gasteiger partial charge in [0.1, 0.15) is 0 Å². The Morgan fingerprint density at radius 1 is 1.29 bits per heavy atom. The molecule has 1 aliphatic rings. The zero-order chi connectivity index (χ0) is 12.6. The standard InChI is InChI=1S/C12H11Cl3O2/c1-17-12(16)10(6-2-3-6)11-8(14)4-7(13)5-9(11)15/h4-6,10H,2-3H2,1H3. The summed E-state index contributed by atoms with van der Waals surface area (Å²) in [6.07, 6.45) is 1.99. The van der Waals surface area contributed by atoms with E-state index >= 15 is 0 Å². The largest absolute Gasteiger partial charge is 0.469 e. The number of hydrogen-bond donors (Lipinski definition) is 0. The number of ether oxygens (including phenoxy) is 1. The van der Waals surface area contributed by atoms with Gasteiger partial charge in [-0.15, -0.1) is 0 Å². The number of esters is 1. The van der Waals surface area contributed by atoms with Gasteiger partial charge in [0.15, 0.2) is 0 Å². The zero-order valence-electron chi connectivity index (χ0n) is 9.17. The number of carbonyl (C=O) groups excluding carboxylic acids is 1. The summed E-state index contributed by atoms with van der Waals surface area (Å²) >= 11 is 18.1. The summed E-state index contributed by atoms with van der Waals surface area (Å²) in [5.74, 6) is -0.394. The van der Waals surface area contributed by atoms with Crippen LogP contribution in [0.3, 0.4) is 0 Å². The van der Waals surface area contributed by atoms with E-state index in [4.69, 9.17) is 39.5 Å². The van der Waals surface area contributed by atoms with E-state index in [-0.39, 0.29) is 17.8 Å². The molecule has 0 aliphatic heterocycles. The van der Waals surface area contributed by atoms with Crippen molar-refractivity contribution in [3.05, 3.63) is 32.8 Å². The van der Waals surface area contributed by atoms with Crippen molar-refractivity contribution in [3.63, 3.8) is 0 Å². The molecule has 1 aromatic rings. The first kappa shape index (κ1) is 13.0. The lowest BCUT2D eigenvalue weighted by molar-refractivity contribution is -0.143. The average Bonchev–Trinajstić information content (AvgIpc) is 3.05. The normalized spacial score (nSPS) is 16.7. The van der Waals surface area contributed by atoms with Crippen molar-refractivity contribution >= 4 is 40.8 Å². The third kappa shape index (κ3) is 2.70. The number of hydrogen-bond acceptors (Lipinski definition) is 2. The summed E-state index contributed by atoms with van der Waals surface area (Å²) in [5, 5.41) is 1.30. The molecule has 92 valence electrons. The molecule has 1 fully saturated rings. The van der Waals surface area contributed by atoms with E-state index in [2.05, 4.69) is 0 Å². The van der Waals surface area contributed by atoms with Crippen molar-refractivity contribution in [1.29, 1.82) is 0 Å². The maximum atomic E-state index is 11.8. The second kappa shape index (κ2) is 5.05. The fourth-order valence-electron chi connectivity index (χ4n) is 1.95. The molecular formula is C12H11Cl3O2. The highest BCUT2D eigenvalue weighted by Gasteiger charge is 2.40. The number of carbonyl (C=O) groups is 1. The van der Waals surface area contributed by atoms with Gasteiger partial charge in [0.05, 0.1) is 13.0 Å². The van der Waals surface area contributed by atoms with E-state index in [0.717, 1.165) is 12.8 Å². The third-order valence-electron chi connectivity index (χ3n) is 2.90. The van der Waals surface area contributed by atoms with Gasteiger partial charge in [-0.05, 0) is 30.9 Å². The molecule has 0 aromatic heterocycles. The van der Waals surface area contributed by atoms with Gasteiger partial charge in [0.25, 0.3) is 0 Å². The van der Waals surface area contributed by atoms with Crippen LogP contribution in [-0.4, -0.2) is 13.1 Å². The van der Waals surface area contributed by atoms with E-state index in [1.807, 2.05) is 0 Å². The summed E-state index contributed by atoms with van der Waals surface area (Å²) in [7, 11) is 1.37. The Hall–Kier alpha value is -0.440. The first-order valence-electron chi connectivity index (χ1n) is 5.27. The van der Waals surface area contributed by atoms with Gasteiger partial charge in [-0.25, -0.2) is 0 Å². The summed E-state index contributed by atoms with van der Waals surface area (Å²) in [5.41, 5.74) is 0.632. The summed E-state index contributed by atoms with van der Waals surface area (Å²) in [6, 6.07) is 3.20. The fourth-order valence-corrected chi connectivity index (χ4v) is 3.01. The molecule has 1 atom stereocenters. The van der Waals surface area contributed by atoms with Crippen molar-refractivity contribution in [3.8, 4) is 0 Å². The smallest absolute Gasteiger partial charge is 0.313 e. The minimum atomic E-state index is -0.378. The highest BCUT2D eigenvalue weighted by molar-refractivity contribution is 6.39. The van der Waals surface area contributed by atoms with Crippen LogP contribution in [0.4, 0.5) is 0 Å². The highest BCUT2D eigenvalue weighted by atomic mass is 35.5. The molecule has 1 aliphatic carbocycles. The Morgan fingerprint density at radius 2 is 1.82 bits per heavy atom. The minimum Gasteiger partial charge on any atom is -0.469 e. The first-order valence-corrected chi connectivity index (χ1v) is 6.40. The molecule has 1 unspecified atom stereocenters. The van der Waals surface area contributed by atoms with Crippen molar-refractivity contribution in [2.45, 2.75) is 18.8 Å². The molecule has 1 saturated carbocycles. The molecule has 0 bridgehead atoms. The van der Waals surface area contributed by atoms with Crippen LogP contribution in [0.2, 0.25) is 15.1 Å². The molecule has 0 amide bonds. The van der Waals surface area contributed by atoms with E-state index in [9.17, 15) is 4.79 Å². The lowest BCUT2D eigenvalue weighted by Gasteiger charge is -2.17. The minimum absolute atomic E-state index is 0.277. The molecule has 2 rings (SSSR count). The molecule has 0 spiro atoms. The van der Waals surface area contributed by atoms with Crippen LogP contribution >= 0.6 is 34.8 Å². The Kier molecular flexibility index (Phi) is 3.86. The number of benzene rings is 1. The predicted molar refractivity (Wildman–Crippen MR) is 69.0 cm³/mol. The molecule has 17 heavy (non-hydrogen) atoms.